The first-order valence-corrected chi connectivity index (χ1v) is 11.4. The summed E-state index contributed by atoms with van der Waals surface area (Å²) in [6.45, 7) is 0.420. The minimum Gasteiger partial charge on any atom is -0.385 e. The van der Waals surface area contributed by atoms with Crippen LogP contribution in [0.5, 0.6) is 0 Å². The van der Waals surface area contributed by atoms with Crippen LogP contribution in [0.2, 0.25) is 0 Å². The molecule has 4 heterocycles. The Hall–Kier alpha value is -3.91. The minimum atomic E-state index is -3.01. The van der Waals surface area contributed by atoms with Gasteiger partial charge in [-0.2, -0.15) is 0 Å². The summed E-state index contributed by atoms with van der Waals surface area (Å²) < 4.78 is 55.7. The van der Waals surface area contributed by atoms with Crippen molar-refractivity contribution in [2.45, 2.75) is 37.5 Å². The van der Waals surface area contributed by atoms with Crippen molar-refractivity contribution < 1.29 is 22.7 Å². The van der Waals surface area contributed by atoms with Gasteiger partial charge in [0.1, 0.15) is 23.6 Å². The number of benzene rings is 1. The van der Waals surface area contributed by atoms with Crippen LogP contribution in [-0.4, -0.2) is 65.8 Å². The number of aliphatic hydroxyl groups is 1. The first-order valence-electron chi connectivity index (χ1n) is 11.4. The average Bonchev–Trinajstić information content (AvgIpc) is 3.29. The molecule has 194 valence electrons. The summed E-state index contributed by atoms with van der Waals surface area (Å²) >= 11 is 0. The molecule has 5 N–H and O–H groups in total. The quantitative estimate of drug-likeness (QED) is 0.328. The number of hydrogen-bond acceptors (Lipinski definition) is 9. The molecule has 1 fully saturated rings. The van der Waals surface area contributed by atoms with Gasteiger partial charge >= 0.3 is 0 Å². The number of nitrogens with zero attached hydrogens (tertiary/aromatic N) is 7. The van der Waals surface area contributed by atoms with Crippen LogP contribution in [0.25, 0.3) is 22.4 Å². The van der Waals surface area contributed by atoms with Crippen LogP contribution in [0.15, 0.2) is 37.1 Å². The standard InChI is InChI=1S/C23H23F4N9O/c24-13-3-2-12(6-14(13)25)15-7-30-21(35-5-1-4-23(29,9-35)18(37)19(26)27)16(34-15)8-36-11-33-17-20(28)31-10-32-22(17)36/h2-3,6-7,10-11,18-19,37H,1,4-5,8-9,29H2,(H2,28,31,32)/t18-,23-/m1/s1. The van der Waals surface area contributed by atoms with Crippen LogP contribution >= 0.6 is 0 Å². The zero-order valence-corrected chi connectivity index (χ0v) is 19.4. The highest BCUT2D eigenvalue weighted by molar-refractivity contribution is 5.81. The highest BCUT2D eigenvalue weighted by atomic mass is 19.3. The van der Waals surface area contributed by atoms with Gasteiger partial charge < -0.3 is 26.0 Å². The highest BCUT2D eigenvalue weighted by Crippen LogP contribution is 2.31. The predicted molar refractivity (Wildman–Crippen MR) is 127 cm³/mol. The van der Waals surface area contributed by atoms with Gasteiger partial charge in [0.25, 0.3) is 6.43 Å². The topological polar surface area (TPSA) is 145 Å². The zero-order chi connectivity index (χ0) is 26.3. The first kappa shape index (κ1) is 24.8. The van der Waals surface area contributed by atoms with E-state index in [0.29, 0.717) is 41.2 Å². The van der Waals surface area contributed by atoms with Crippen LogP contribution in [0.3, 0.4) is 0 Å². The lowest BCUT2D eigenvalue weighted by atomic mass is 9.84. The van der Waals surface area contributed by atoms with Gasteiger partial charge in [0, 0.05) is 18.7 Å². The molecule has 2 atom stereocenters. The van der Waals surface area contributed by atoms with E-state index in [2.05, 4.69) is 24.9 Å². The van der Waals surface area contributed by atoms with Crippen molar-refractivity contribution in [2.24, 2.45) is 5.73 Å². The lowest BCUT2D eigenvalue weighted by Gasteiger charge is -2.43. The third kappa shape index (κ3) is 4.64. The molecule has 5 rings (SSSR count). The summed E-state index contributed by atoms with van der Waals surface area (Å²) in [5.74, 6) is -1.51. The van der Waals surface area contributed by atoms with Gasteiger partial charge in [0.05, 0.1) is 30.3 Å². The molecule has 3 aromatic heterocycles. The number of nitrogens with two attached hydrogens (primary N) is 2. The molecule has 1 saturated heterocycles. The van der Waals surface area contributed by atoms with Crippen molar-refractivity contribution in [3.8, 4) is 11.3 Å². The van der Waals surface area contributed by atoms with Gasteiger partial charge in [-0.15, -0.1) is 0 Å². The second kappa shape index (κ2) is 9.52. The van der Waals surface area contributed by atoms with E-state index in [-0.39, 0.29) is 31.0 Å². The van der Waals surface area contributed by atoms with Crippen molar-refractivity contribution in [1.82, 2.24) is 29.5 Å². The Morgan fingerprint density at radius 3 is 2.68 bits per heavy atom. The number of anilines is 2. The molecule has 4 aromatic rings. The Kier molecular flexibility index (Phi) is 6.37. The van der Waals surface area contributed by atoms with Crippen LogP contribution in [0.4, 0.5) is 29.2 Å². The Labute approximate surface area is 208 Å². The van der Waals surface area contributed by atoms with E-state index in [1.54, 1.807) is 9.47 Å². The fourth-order valence-electron chi connectivity index (χ4n) is 4.55. The Morgan fingerprint density at radius 2 is 1.92 bits per heavy atom. The number of nitrogen functional groups attached to an aromatic ring is 1. The molecule has 0 spiro atoms. The summed E-state index contributed by atoms with van der Waals surface area (Å²) in [5.41, 5.74) is 12.3. The summed E-state index contributed by atoms with van der Waals surface area (Å²) in [6, 6.07) is 3.37. The molecule has 37 heavy (non-hydrogen) atoms. The van der Waals surface area contributed by atoms with Crippen molar-refractivity contribution in [3.63, 3.8) is 0 Å². The smallest absolute Gasteiger partial charge is 0.265 e. The van der Waals surface area contributed by atoms with Crippen molar-refractivity contribution >= 4 is 22.8 Å². The molecule has 0 bridgehead atoms. The van der Waals surface area contributed by atoms with Crippen LogP contribution in [-0.2, 0) is 6.54 Å². The summed E-state index contributed by atoms with van der Waals surface area (Å²) in [5, 5.41) is 10.1. The Morgan fingerprint density at radius 1 is 1.11 bits per heavy atom. The monoisotopic (exact) mass is 517 g/mol. The molecule has 0 radical (unpaired) electrons. The van der Waals surface area contributed by atoms with Crippen molar-refractivity contribution in [1.29, 1.82) is 0 Å². The fraction of sp³-hybridized carbons (Fsp3) is 0.348. The van der Waals surface area contributed by atoms with Gasteiger partial charge in [-0.1, -0.05) is 0 Å². The Balaban J connectivity index is 1.58. The van der Waals surface area contributed by atoms with E-state index in [0.717, 1.165) is 12.1 Å². The number of aromatic nitrogens is 6. The van der Waals surface area contributed by atoms with E-state index >= 15 is 0 Å². The van der Waals surface area contributed by atoms with Gasteiger partial charge in [0.2, 0.25) is 0 Å². The second-order valence-electron chi connectivity index (χ2n) is 9.00. The number of alkyl halides is 2. The normalized spacial score (nSPS) is 19.1. The number of imidazole rings is 1. The van der Waals surface area contributed by atoms with Crippen LogP contribution in [0, 0.1) is 11.6 Å². The largest absolute Gasteiger partial charge is 0.385 e. The second-order valence-corrected chi connectivity index (χ2v) is 9.00. The van der Waals surface area contributed by atoms with Crippen LogP contribution < -0.4 is 16.4 Å². The summed E-state index contributed by atoms with van der Waals surface area (Å²) in [4.78, 5) is 23.3. The highest BCUT2D eigenvalue weighted by Gasteiger charge is 2.43. The maximum absolute atomic E-state index is 13.9. The number of aliphatic hydroxyl groups excluding tert-OH is 1. The molecule has 0 unspecified atom stereocenters. The number of piperidine rings is 1. The van der Waals surface area contributed by atoms with Gasteiger partial charge in [-0.3, -0.25) is 0 Å². The van der Waals surface area contributed by atoms with E-state index in [9.17, 15) is 22.7 Å². The lowest BCUT2D eigenvalue weighted by Crippen LogP contribution is -2.63. The van der Waals surface area contributed by atoms with E-state index in [1.807, 2.05) is 0 Å². The van der Waals surface area contributed by atoms with E-state index < -0.39 is 29.7 Å². The van der Waals surface area contributed by atoms with Crippen LogP contribution in [0.1, 0.15) is 18.5 Å². The number of hydrogen-bond donors (Lipinski definition) is 3. The maximum Gasteiger partial charge on any atom is 0.265 e. The van der Waals surface area contributed by atoms with E-state index in [4.69, 9.17) is 11.5 Å². The number of fused-ring (bicyclic) bond motifs is 1. The molecule has 1 aliphatic rings. The molecule has 1 aromatic carbocycles. The first-order chi connectivity index (χ1) is 17.7. The molecular formula is C23H23F4N9O. The summed E-state index contributed by atoms with van der Waals surface area (Å²) in [7, 11) is 0. The minimum absolute atomic E-state index is 0.0816. The summed E-state index contributed by atoms with van der Waals surface area (Å²) in [6.07, 6.45) is -0.223. The SMILES string of the molecule is Nc1ncnc2c1ncn2Cc1nc(-c2ccc(F)c(F)c2)cnc1N1CCC[C@](N)([C@H](O)C(F)F)C1. The Bertz CT molecular complexity index is 1450. The molecular weight excluding hydrogens is 494 g/mol. The fourth-order valence-corrected chi connectivity index (χ4v) is 4.55. The van der Waals surface area contributed by atoms with Crippen molar-refractivity contribution in [2.75, 3.05) is 23.7 Å². The molecule has 1 aliphatic heterocycles. The molecule has 0 amide bonds. The molecule has 0 saturated carbocycles. The van der Waals surface area contributed by atoms with Gasteiger partial charge in [-0.05, 0) is 31.0 Å². The van der Waals surface area contributed by atoms with Gasteiger partial charge in [0.15, 0.2) is 28.9 Å². The molecule has 14 heteroatoms. The molecule has 10 nitrogen and oxygen atoms in total. The molecule has 0 aliphatic carbocycles. The van der Waals surface area contributed by atoms with E-state index in [1.165, 1.54) is 24.9 Å². The zero-order valence-electron chi connectivity index (χ0n) is 19.4. The number of halogens is 4. The van der Waals surface area contributed by atoms with Gasteiger partial charge in [-0.25, -0.2) is 42.5 Å². The third-order valence-corrected chi connectivity index (χ3v) is 6.47. The maximum atomic E-state index is 13.9. The number of rotatable bonds is 6. The predicted octanol–water partition coefficient (Wildman–Crippen LogP) is 2.12. The lowest BCUT2D eigenvalue weighted by molar-refractivity contribution is -0.0530. The third-order valence-electron chi connectivity index (χ3n) is 6.47. The van der Waals surface area contributed by atoms with Crippen molar-refractivity contribution in [3.05, 3.63) is 54.4 Å². The average molecular weight is 517 g/mol.